The van der Waals surface area contributed by atoms with Crippen LogP contribution < -0.4 is 10.9 Å². The Morgan fingerprint density at radius 1 is 1.67 bits per heavy atom. The van der Waals surface area contributed by atoms with E-state index >= 15 is 0 Å². The van der Waals surface area contributed by atoms with Crippen molar-refractivity contribution < 1.29 is 4.74 Å². The van der Waals surface area contributed by atoms with Gasteiger partial charge in [-0.15, -0.1) is 0 Å². The van der Waals surface area contributed by atoms with Gasteiger partial charge in [-0.25, -0.2) is 4.98 Å². The van der Waals surface area contributed by atoms with Crippen LogP contribution in [0.25, 0.3) is 0 Å². The number of ether oxygens (including phenoxy) is 1. The van der Waals surface area contributed by atoms with E-state index in [4.69, 9.17) is 4.74 Å². The maximum atomic E-state index is 11.9. The summed E-state index contributed by atoms with van der Waals surface area (Å²) in [5, 5.41) is 3.32. The Labute approximate surface area is 120 Å². The second kappa shape index (κ2) is 6.63. The van der Waals surface area contributed by atoms with E-state index in [1.165, 1.54) is 0 Å². The molecule has 1 N–H and O–H groups in total. The summed E-state index contributed by atoms with van der Waals surface area (Å²) in [7, 11) is 0. The molecule has 1 aromatic heterocycles. The highest BCUT2D eigenvalue weighted by atomic mass is 127. The molecule has 1 aliphatic heterocycles. The van der Waals surface area contributed by atoms with Gasteiger partial charge in [0.1, 0.15) is 0 Å². The summed E-state index contributed by atoms with van der Waals surface area (Å²) in [4.78, 5) is 16.1. The Morgan fingerprint density at radius 2 is 2.50 bits per heavy atom. The normalized spacial score (nSPS) is 19.3. The van der Waals surface area contributed by atoms with Gasteiger partial charge in [0.15, 0.2) is 0 Å². The lowest BCUT2D eigenvalue weighted by Crippen LogP contribution is -2.32. The zero-order valence-electron chi connectivity index (χ0n) is 10.5. The second-order valence-electron chi connectivity index (χ2n) is 4.48. The highest BCUT2D eigenvalue weighted by Crippen LogP contribution is 2.10. The molecule has 18 heavy (non-hydrogen) atoms. The predicted octanol–water partition coefficient (Wildman–Crippen LogP) is 0.925. The first kappa shape index (κ1) is 14.0. The highest BCUT2D eigenvalue weighted by molar-refractivity contribution is 14.1. The van der Waals surface area contributed by atoms with Crippen LogP contribution in [-0.2, 0) is 11.3 Å². The maximum absolute atomic E-state index is 11.9. The maximum Gasteiger partial charge on any atom is 0.267 e. The van der Waals surface area contributed by atoms with Gasteiger partial charge in [-0.1, -0.05) is 0 Å². The minimum Gasteiger partial charge on any atom is -0.377 e. The summed E-state index contributed by atoms with van der Waals surface area (Å²) in [6.07, 6.45) is 4.26. The Bertz CT molecular complexity index is 455. The van der Waals surface area contributed by atoms with Gasteiger partial charge in [0, 0.05) is 26.2 Å². The minimum absolute atomic E-state index is 0.0435. The predicted molar refractivity (Wildman–Crippen MR) is 77.8 cm³/mol. The number of hydrogen-bond donors (Lipinski definition) is 1. The molecule has 1 aromatic rings. The first-order valence-electron chi connectivity index (χ1n) is 6.22. The van der Waals surface area contributed by atoms with E-state index in [2.05, 4.69) is 32.9 Å². The average Bonchev–Trinajstić information content (AvgIpc) is 2.87. The van der Waals surface area contributed by atoms with Gasteiger partial charge in [-0.05, 0) is 42.4 Å². The van der Waals surface area contributed by atoms with Crippen molar-refractivity contribution in [3.8, 4) is 0 Å². The summed E-state index contributed by atoms with van der Waals surface area (Å²) in [6.45, 7) is 5.01. The molecule has 1 fully saturated rings. The Balaban J connectivity index is 1.79. The van der Waals surface area contributed by atoms with Gasteiger partial charge < -0.3 is 10.1 Å². The van der Waals surface area contributed by atoms with Crippen molar-refractivity contribution in [1.29, 1.82) is 0 Å². The third-order valence-corrected chi connectivity index (χ3v) is 4.32. The summed E-state index contributed by atoms with van der Waals surface area (Å²) in [5.41, 5.74) is 0.839. The first-order chi connectivity index (χ1) is 8.68. The third kappa shape index (κ3) is 3.52. The molecule has 100 valence electrons. The van der Waals surface area contributed by atoms with E-state index in [1.807, 2.05) is 6.92 Å². The fraction of sp³-hybridized carbons (Fsp3) is 0.667. The topological polar surface area (TPSA) is 56.1 Å². The van der Waals surface area contributed by atoms with Crippen LogP contribution in [0.2, 0.25) is 0 Å². The van der Waals surface area contributed by atoms with Crippen molar-refractivity contribution in [2.24, 2.45) is 0 Å². The second-order valence-corrected chi connectivity index (χ2v) is 5.56. The van der Waals surface area contributed by atoms with Crippen molar-refractivity contribution in [2.75, 3.05) is 19.7 Å². The number of nitrogens with zero attached hydrogens (tertiary/aromatic N) is 2. The Morgan fingerprint density at radius 3 is 3.22 bits per heavy atom. The zero-order chi connectivity index (χ0) is 13.0. The van der Waals surface area contributed by atoms with E-state index in [0.717, 1.165) is 38.2 Å². The molecule has 1 aliphatic rings. The van der Waals surface area contributed by atoms with E-state index in [1.54, 1.807) is 10.9 Å². The number of rotatable bonds is 5. The monoisotopic (exact) mass is 363 g/mol. The molecule has 2 heterocycles. The molecule has 0 radical (unpaired) electrons. The number of nitrogens with one attached hydrogen (secondary N) is 1. The third-order valence-electron chi connectivity index (χ3n) is 3.08. The molecule has 0 amide bonds. The van der Waals surface area contributed by atoms with Crippen LogP contribution in [0.3, 0.4) is 0 Å². The fourth-order valence-corrected chi connectivity index (χ4v) is 2.42. The van der Waals surface area contributed by atoms with E-state index in [0.29, 0.717) is 16.2 Å². The summed E-state index contributed by atoms with van der Waals surface area (Å²) in [6, 6.07) is 0. The number of hydrogen-bond acceptors (Lipinski definition) is 4. The van der Waals surface area contributed by atoms with Gasteiger partial charge in [-0.2, -0.15) is 0 Å². The van der Waals surface area contributed by atoms with Gasteiger partial charge >= 0.3 is 0 Å². The first-order valence-corrected chi connectivity index (χ1v) is 7.30. The molecule has 0 aromatic carbocycles. The molecule has 1 unspecified atom stereocenters. The molecule has 0 bridgehead atoms. The molecule has 1 atom stereocenters. The summed E-state index contributed by atoms with van der Waals surface area (Å²) < 4.78 is 7.87. The van der Waals surface area contributed by atoms with Crippen LogP contribution in [0.1, 0.15) is 18.5 Å². The molecule has 5 nitrogen and oxygen atoms in total. The average molecular weight is 363 g/mol. The van der Waals surface area contributed by atoms with Crippen molar-refractivity contribution in [2.45, 2.75) is 32.4 Å². The van der Waals surface area contributed by atoms with Crippen molar-refractivity contribution in [3.05, 3.63) is 25.9 Å². The van der Waals surface area contributed by atoms with Crippen LogP contribution >= 0.6 is 22.6 Å². The van der Waals surface area contributed by atoms with Crippen molar-refractivity contribution in [1.82, 2.24) is 14.9 Å². The quantitative estimate of drug-likeness (QED) is 0.625. The molecule has 0 saturated carbocycles. The number of aryl methyl sites for hydroxylation is 1. The lowest BCUT2D eigenvalue weighted by Gasteiger charge is -2.11. The molecular formula is C12H18IN3O2. The summed E-state index contributed by atoms with van der Waals surface area (Å²) >= 11 is 2.05. The molecule has 6 heteroatoms. The lowest BCUT2D eigenvalue weighted by molar-refractivity contribution is 0.110. The van der Waals surface area contributed by atoms with Gasteiger partial charge in [0.25, 0.3) is 5.56 Å². The molecule has 2 rings (SSSR count). The Hall–Kier alpha value is -0.470. The van der Waals surface area contributed by atoms with Crippen molar-refractivity contribution >= 4 is 22.6 Å². The minimum atomic E-state index is 0.0435. The molecule has 1 saturated heterocycles. The smallest absolute Gasteiger partial charge is 0.267 e. The van der Waals surface area contributed by atoms with Gasteiger partial charge in [0.05, 0.1) is 21.7 Å². The fourth-order valence-electron chi connectivity index (χ4n) is 1.97. The molecule has 0 spiro atoms. The zero-order valence-corrected chi connectivity index (χ0v) is 12.6. The van der Waals surface area contributed by atoms with Crippen LogP contribution in [0.4, 0.5) is 0 Å². The SMILES string of the molecule is Cc1ncn(CCNCC2CCCO2)c(=O)c1I. The molecular weight excluding hydrogens is 345 g/mol. The van der Waals surface area contributed by atoms with Crippen molar-refractivity contribution in [3.63, 3.8) is 0 Å². The highest BCUT2D eigenvalue weighted by Gasteiger charge is 2.14. The van der Waals surface area contributed by atoms with Crippen LogP contribution in [0, 0.1) is 10.5 Å². The number of aromatic nitrogens is 2. The van der Waals surface area contributed by atoms with Gasteiger partial charge in [-0.3, -0.25) is 9.36 Å². The van der Waals surface area contributed by atoms with E-state index < -0.39 is 0 Å². The molecule has 0 aliphatic carbocycles. The van der Waals surface area contributed by atoms with E-state index in [9.17, 15) is 4.79 Å². The standard InChI is InChI=1S/C12H18IN3O2/c1-9-11(13)12(17)16(8-15-9)5-4-14-7-10-3-2-6-18-10/h8,10,14H,2-7H2,1H3. The van der Waals surface area contributed by atoms with Crippen LogP contribution in [0.15, 0.2) is 11.1 Å². The Kier molecular flexibility index (Phi) is 5.13. The van der Waals surface area contributed by atoms with Crippen LogP contribution in [0.5, 0.6) is 0 Å². The van der Waals surface area contributed by atoms with E-state index in [-0.39, 0.29) is 5.56 Å². The van der Waals surface area contributed by atoms with Crippen LogP contribution in [-0.4, -0.2) is 35.4 Å². The summed E-state index contributed by atoms with van der Waals surface area (Å²) in [5.74, 6) is 0. The number of halogens is 1. The largest absolute Gasteiger partial charge is 0.377 e. The van der Waals surface area contributed by atoms with Gasteiger partial charge in [0.2, 0.25) is 0 Å². The lowest BCUT2D eigenvalue weighted by atomic mass is 10.2.